The van der Waals surface area contributed by atoms with E-state index in [0.717, 1.165) is 18.9 Å². The molecule has 16 heavy (non-hydrogen) atoms. The summed E-state index contributed by atoms with van der Waals surface area (Å²) in [6, 6.07) is 2.38. The Bertz CT molecular complexity index is 339. The van der Waals surface area contributed by atoms with Gasteiger partial charge in [-0.15, -0.1) is 0 Å². The van der Waals surface area contributed by atoms with Crippen LogP contribution in [0.4, 0.5) is 5.82 Å². The highest BCUT2D eigenvalue weighted by Gasteiger charge is 2.19. The van der Waals surface area contributed by atoms with Gasteiger partial charge in [0.2, 0.25) is 5.88 Å². The second-order valence-corrected chi connectivity index (χ2v) is 4.03. The lowest BCUT2D eigenvalue weighted by atomic mass is 10.1. The van der Waals surface area contributed by atoms with Crippen LogP contribution in [0.25, 0.3) is 0 Å². The maximum absolute atomic E-state index is 5.10. The number of nitrogens with one attached hydrogen (secondary N) is 1. The average molecular weight is 222 g/mol. The SMILES string of the molecule is COc1cc(N(C)C2CCCNC2)ncn1. The van der Waals surface area contributed by atoms with Crippen molar-refractivity contribution >= 4 is 5.82 Å². The quantitative estimate of drug-likeness (QED) is 0.814. The summed E-state index contributed by atoms with van der Waals surface area (Å²) < 4.78 is 5.10. The summed E-state index contributed by atoms with van der Waals surface area (Å²) in [5.41, 5.74) is 0. The molecule has 5 nitrogen and oxygen atoms in total. The van der Waals surface area contributed by atoms with Crippen molar-refractivity contribution in [2.75, 3.05) is 32.1 Å². The minimum absolute atomic E-state index is 0.508. The molecule has 2 heterocycles. The number of nitrogens with zero attached hydrogens (tertiary/aromatic N) is 3. The van der Waals surface area contributed by atoms with E-state index in [1.165, 1.54) is 12.8 Å². The Morgan fingerprint density at radius 2 is 2.38 bits per heavy atom. The number of likely N-dealkylation sites (N-methyl/N-ethyl adjacent to an activating group) is 1. The number of hydrogen-bond donors (Lipinski definition) is 1. The van der Waals surface area contributed by atoms with Crippen molar-refractivity contribution in [1.29, 1.82) is 0 Å². The Morgan fingerprint density at radius 3 is 3.06 bits per heavy atom. The van der Waals surface area contributed by atoms with Crippen molar-refractivity contribution in [3.63, 3.8) is 0 Å². The van der Waals surface area contributed by atoms with Crippen LogP contribution in [0.3, 0.4) is 0 Å². The predicted molar refractivity (Wildman–Crippen MR) is 62.9 cm³/mol. The van der Waals surface area contributed by atoms with Crippen molar-refractivity contribution in [3.8, 4) is 5.88 Å². The summed E-state index contributed by atoms with van der Waals surface area (Å²) in [7, 11) is 3.69. The van der Waals surface area contributed by atoms with Gasteiger partial charge in [0.05, 0.1) is 7.11 Å². The molecule has 1 aliphatic rings. The van der Waals surface area contributed by atoms with Crippen molar-refractivity contribution in [2.24, 2.45) is 0 Å². The monoisotopic (exact) mass is 222 g/mol. The van der Waals surface area contributed by atoms with Crippen molar-refractivity contribution in [1.82, 2.24) is 15.3 Å². The predicted octanol–water partition coefficient (Wildman–Crippen LogP) is 0.673. The highest BCUT2D eigenvalue weighted by Crippen LogP contribution is 2.19. The number of hydrogen-bond acceptors (Lipinski definition) is 5. The Labute approximate surface area is 95.8 Å². The van der Waals surface area contributed by atoms with Gasteiger partial charge in [0.1, 0.15) is 12.1 Å². The molecule has 0 aromatic carbocycles. The molecule has 0 spiro atoms. The molecular formula is C11H18N4O. The number of piperidine rings is 1. The van der Waals surface area contributed by atoms with Crippen LogP contribution < -0.4 is 15.0 Å². The molecule has 2 rings (SSSR count). The van der Waals surface area contributed by atoms with Crippen LogP contribution in [0, 0.1) is 0 Å². The fourth-order valence-corrected chi connectivity index (χ4v) is 1.99. The van der Waals surface area contributed by atoms with E-state index in [-0.39, 0.29) is 0 Å². The average Bonchev–Trinajstić information content (AvgIpc) is 2.39. The van der Waals surface area contributed by atoms with Gasteiger partial charge in [-0.1, -0.05) is 0 Å². The molecule has 0 bridgehead atoms. The van der Waals surface area contributed by atoms with Gasteiger partial charge in [-0.3, -0.25) is 0 Å². The third-order valence-electron chi connectivity index (χ3n) is 3.02. The van der Waals surface area contributed by atoms with Gasteiger partial charge in [-0.25, -0.2) is 9.97 Å². The highest BCUT2D eigenvalue weighted by atomic mass is 16.5. The van der Waals surface area contributed by atoms with E-state index < -0.39 is 0 Å². The van der Waals surface area contributed by atoms with E-state index in [1.807, 2.05) is 6.07 Å². The molecule has 0 aliphatic carbocycles. The van der Waals surface area contributed by atoms with Crippen molar-refractivity contribution in [2.45, 2.75) is 18.9 Å². The summed E-state index contributed by atoms with van der Waals surface area (Å²) in [6.45, 7) is 2.14. The molecule has 0 amide bonds. The first kappa shape index (κ1) is 11.1. The largest absolute Gasteiger partial charge is 0.481 e. The third kappa shape index (κ3) is 2.41. The number of aromatic nitrogens is 2. The molecule has 1 unspecified atom stereocenters. The van der Waals surface area contributed by atoms with Gasteiger partial charge in [0, 0.05) is 25.7 Å². The van der Waals surface area contributed by atoms with E-state index in [9.17, 15) is 0 Å². The van der Waals surface area contributed by atoms with Crippen LogP contribution in [-0.4, -0.2) is 43.3 Å². The molecule has 0 saturated carbocycles. The van der Waals surface area contributed by atoms with Gasteiger partial charge in [-0.2, -0.15) is 0 Å². The lowest BCUT2D eigenvalue weighted by Gasteiger charge is -2.32. The number of anilines is 1. The number of ether oxygens (including phenoxy) is 1. The minimum atomic E-state index is 0.508. The second-order valence-electron chi connectivity index (χ2n) is 4.03. The Hall–Kier alpha value is -1.36. The van der Waals surface area contributed by atoms with Gasteiger partial charge in [0.25, 0.3) is 0 Å². The maximum atomic E-state index is 5.10. The van der Waals surface area contributed by atoms with Gasteiger partial charge >= 0.3 is 0 Å². The lowest BCUT2D eigenvalue weighted by Crippen LogP contribution is -2.44. The van der Waals surface area contributed by atoms with Gasteiger partial charge in [0.15, 0.2) is 0 Å². The van der Waals surface area contributed by atoms with Gasteiger partial charge < -0.3 is 15.0 Å². The Kier molecular flexibility index (Phi) is 3.56. The van der Waals surface area contributed by atoms with Crippen LogP contribution in [-0.2, 0) is 0 Å². The van der Waals surface area contributed by atoms with Crippen LogP contribution >= 0.6 is 0 Å². The molecule has 1 fully saturated rings. The van der Waals surface area contributed by atoms with Crippen molar-refractivity contribution in [3.05, 3.63) is 12.4 Å². The highest BCUT2D eigenvalue weighted by molar-refractivity contribution is 5.41. The Morgan fingerprint density at radius 1 is 1.50 bits per heavy atom. The summed E-state index contributed by atoms with van der Waals surface area (Å²) >= 11 is 0. The standard InChI is InChI=1S/C11H18N4O/c1-15(9-4-3-5-12-7-9)10-6-11(16-2)14-8-13-10/h6,8-9,12H,3-5,7H2,1-2H3. The molecule has 5 heteroatoms. The zero-order valence-corrected chi connectivity index (χ0v) is 9.81. The number of methoxy groups -OCH3 is 1. The van der Waals surface area contributed by atoms with Crippen LogP contribution in [0.15, 0.2) is 12.4 Å². The molecule has 0 radical (unpaired) electrons. The molecule has 1 atom stereocenters. The summed E-state index contributed by atoms with van der Waals surface area (Å²) in [5.74, 6) is 1.53. The van der Waals surface area contributed by atoms with Crippen LogP contribution in [0.5, 0.6) is 5.88 Å². The smallest absolute Gasteiger partial charge is 0.218 e. The van der Waals surface area contributed by atoms with E-state index in [0.29, 0.717) is 11.9 Å². The molecule has 1 aromatic rings. The minimum Gasteiger partial charge on any atom is -0.481 e. The molecular weight excluding hydrogens is 204 g/mol. The maximum Gasteiger partial charge on any atom is 0.218 e. The zero-order chi connectivity index (χ0) is 11.4. The topological polar surface area (TPSA) is 50.3 Å². The molecule has 1 aromatic heterocycles. The second kappa shape index (κ2) is 5.12. The van der Waals surface area contributed by atoms with E-state index >= 15 is 0 Å². The fraction of sp³-hybridized carbons (Fsp3) is 0.636. The van der Waals surface area contributed by atoms with Gasteiger partial charge in [-0.05, 0) is 19.4 Å². The van der Waals surface area contributed by atoms with Crippen LogP contribution in [0.1, 0.15) is 12.8 Å². The van der Waals surface area contributed by atoms with Crippen LogP contribution in [0.2, 0.25) is 0 Å². The molecule has 1 N–H and O–H groups in total. The summed E-state index contributed by atoms with van der Waals surface area (Å²) in [5, 5.41) is 3.40. The molecule has 88 valence electrons. The van der Waals surface area contributed by atoms with Crippen molar-refractivity contribution < 1.29 is 4.74 Å². The van der Waals surface area contributed by atoms with E-state index in [4.69, 9.17) is 4.74 Å². The van der Waals surface area contributed by atoms with E-state index in [1.54, 1.807) is 13.4 Å². The first-order valence-electron chi connectivity index (χ1n) is 5.61. The van der Waals surface area contributed by atoms with E-state index in [2.05, 4.69) is 27.2 Å². The lowest BCUT2D eigenvalue weighted by molar-refractivity contribution is 0.395. The Balaban J connectivity index is 2.09. The number of rotatable bonds is 3. The summed E-state index contributed by atoms with van der Waals surface area (Å²) in [4.78, 5) is 10.5. The normalized spacial score (nSPS) is 20.5. The fourth-order valence-electron chi connectivity index (χ4n) is 1.99. The summed E-state index contributed by atoms with van der Waals surface area (Å²) in [6.07, 6.45) is 3.97. The third-order valence-corrected chi connectivity index (χ3v) is 3.02. The molecule has 1 saturated heterocycles. The first-order chi connectivity index (χ1) is 7.81. The zero-order valence-electron chi connectivity index (χ0n) is 9.81. The first-order valence-corrected chi connectivity index (χ1v) is 5.61. The molecule has 1 aliphatic heterocycles.